The van der Waals surface area contributed by atoms with Crippen molar-refractivity contribution < 1.29 is 4.79 Å². The number of amides is 1. The highest BCUT2D eigenvalue weighted by Gasteiger charge is 2.46. The number of piperazine rings is 1. The zero-order valence-electron chi connectivity index (χ0n) is 18.9. The first-order chi connectivity index (χ1) is 16.0. The Morgan fingerprint density at radius 1 is 1.18 bits per heavy atom. The number of rotatable bonds is 6. The molecule has 1 aliphatic carbocycles. The van der Waals surface area contributed by atoms with Gasteiger partial charge in [-0.15, -0.1) is 0 Å². The van der Waals surface area contributed by atoms with Gasteiger partial charge in [-0.25, -0.2) is 4.98 Å². The Labute approximate surface area is 194 Å². The number of nitriles is 2. The van der Waals surface area contributed by atoms with Crippen LogP contribution in [0.5, 0.6) is 0 Å². The van der Waals surface area contributed by atoms with Crippen LogP contribution in [0, 0.1) is 28.6 Å². The Morgan fingerprint density at radius 2 is 2.00 bits per heavy atom. The lowest BCUT2D eigenvalue weighted by Crippen LogP contribution is -2.56. The summed E-state index contributed by atoms with van der Waals surface area (Å²) in [6.07, 6.45) is 5.22. The second kappa shape index (κ2) is 8.50. The minimum absolute atomic E-state index is 0.0827. The molecule has 1 aromatic heterocycles. The number of hydrogen-bond donors (Lipinski definition) is 1. The second-order valence-corrected chi connectivity index (χ2v) is 9.61. The smallest absolute Gasteiger partial charge is 0.223 e. The van der Waals surface area contributed by atoms with E-state index in [9.17, 15) is 10.1 Å². The maximum Gasteiger partial charge on any atom is 0.223 e. The number of hydrogen-bond acceptors (Lipinski definition) is 6. The molecule has 33 heavy (non-hydrogen) atoms. The Balaban J connectivity index is 1.19. The van der Waals surface area contributed by atoms with E-state index in [-0.39, 0.29) is 23.5 Å². The van der Waals surface area contributed by atoms with Gasteiger partial charge in [0.1, 0.15) is 11.9 Å². The first-order valence-electron chi connectivity index (χ1n) is 11.7. The molecule has 168 valence electrons. The van der Waals surface area contributed by atoms with Crippen LogP contribution < -0.4 is 10.2 Å². The van der Waals surface area contributed by atoms with E-state index in [2.05, 4.69) is 40.3 Å². The number of nitrogens with zero attached hydrogens (tertiary/aromatic N) is 5. The zero-order chi connectivity index (χ0) is 23.0. The highest BCUT2D eigenvalue weighted by atomic mass is 16.2. The van der Waals surface area contributed by atoms with Crippen LogP contribution in [0.25, 0.3) is 0 Å². The molecule has 3 aliphatic rings. The number of anilines is 1. The predicted octanol–water partition coefficient (Wildman–Crippen LogP) is 2.92. The largest absolute Gasteiger partial charge is 0.347 e. The molecule has 3 fully saturated rings. The summed E-state index contributed by atoms with van der Waals surface area (Å²) < 4.78 is 0. The standard InChI is InChI=1S/C26H28N6O/c1-18-11-22-16-31(17-23(18)32(22)24-6-5-20(14-28)15-29-24)25(33)7-10-30-26(8-9-26)21-4-2-3-19(12-21)13-27/h2-6,12,15,18,22-23,30H,7-11,16-17H2,1H3/t18-,22?,23?/m0/s1. The van der Waals surface area contributed by atoms with E-state index in [1.807, 2.05) is 35.2 Å². The number of aromatic nitrogens is 1. The maximum absolute atomic E-state index is 13.1. The molecule has 1 N–H and O–H groups in total. The van der Waals surface area contributed by atoms with E-state index in [1.54, 1.807) is 6.20 Å². The lowest BCUT2D eigenvalue weighted by molar-refractivity contribution is -0.132. The minimum atomic E-state index is -0.0827. The summed E-state index contributed by atoms with van der Waals surface area (Å²) >= 11 is 0. The first kappa shape index (κ1) is 21.4. The normalized spacial score (nSPS) is 24.8. The number of fused-ring (bicyclic) bond motifs is 2. The Kier molecular flexibility index (Phi) is 5.52. The summed E-state index contributed by atoms with van der Waals surface area (Å²) in [6, 6.07) is 16.4. The number of carbonyl (C=O) groups is 1. The van der Waals surface area contributed by atoms with E-state index < -0.39 is 0 Å². The van der Waals surface area contributed by atoms with Crippen LogP contribution in [0.15, 0.2) is 42.6 Å². The summed E-state index contributed by atoms with van der Waals surface area (Å²) in [6.45, 7) is 4.32. The van der Waals surface area contributed by atoms with Crippen molar-refractivity contribution in [2.24, 2.45) is 5.92 Å². The summed E-state index contributed by atoms with van der Waals surface area (Å²) in [5.41, 5.74) is 2.30. The van der Waals surface area contributed by atoms with Crippen molar-refractivity contribution in [3.8, 4) is 12.1 Å². The van der Waals surface area contributed by atoms with Crippen LogP contribution in [-0.2, 0) is 10.3 Å². The molecule has 0 spiro atoms. The fourth-order valence-electron chi connectivity index (χ4n) is 5.54. The molecule has 2 unspecified atom stereocenters. The third kappa shape index (κ3) is 4.05. The van der Waals surface area contributed by atoms with Crippen LogP contribution >= 0.6 is 0 Å². The monoisotopic (exact) mass is 440 g/mol. The van der Waals surface area contributed by atoms with Crippen LogP contribution in [0.4, 0.5) is 5.82 Å². The second-order valence-electron chi connectivity index (χ2n) is 9.61. The molecule has 7 heteroatoms. The maximum atomic E-state index is 13.1. The van der Waals surface area contributed by atoms with Crippen molar-refractivity contribution in [1.82, 2.24) is 15.2 Å². The molecule has 1 saturated carbocycles. The summed E-state index contributed by atoms with van der Waals surface area (Å²) in [7, 11) is 0. The molecular weight excluding hydrogens is 412 g/mol. The lowest BCUT2D eigenvalue weighted by atomic mass is 10.0. The highest BCUT2D eigenvalue weighted by Crippen LogP contribution is 2.45. The topological polar surface area (TPSA) is 96.0 Å². The molecular formula is C26H28N6O. The van der Waals surface area contributed by atoms with Crippen molar-refractivity contribution in [2.45, 2.75) is 50.2 Å². The van der Waals surface area contributed by atoms with Gasteiger partial charge < -0.3 is 15.1 Å². The fraction of sp³-hybridized carbons (Fsp3) is 0.462. The average molecular weight is 441 g/mol. The van der Waals surface area contributed by atoms with Gasteiger partial charge in [0.2, 0.25) is 5.91 Å². The number of benzene rings is 1. The Hall–Kier alpha value is -3.42. The van der Waals surface area contributed by atoms with Crippen LogP contribution in [0.1, 0.15) is 49.3 Å². The molecule has 2 bridgehead atoms. The third-order valence-corrected chi connectivity index (χ3v) is 7.48. The van der Waals surface area contributed by atoms with Gasteiger partial charge in [-0.05, 0) is 55.0 Å². The number of carbonyl (C=O) groups excluding carboxylic acids is 1. The SMILES string of the molecule is C[C@H]1CC2CN(C(=O)CCNC3(c4cccc(C#N)c4)CC3)CC1N2c1ccc(C#N)cn1. The van der Waals surface area contributed by atoms with Gasteiger partial charge in [0, 0.05) is 43.8 Å². The Morgan fingerprint density at radius 3 is 2.67 bits per heavy atom. The fourth-order valence-corrected chi connectivity index (χ4v) is 5.54. The quantitative estimate of drug-likeness (QED) is 0.742. The molecule has 0 radical (unpaired) electrons. The average Bonchev–Trinajstić information content (AvgIpc) is 3.61. The van der Waals surface area contributed by atoms with Crippen LogP contribution in [0.3, 0.4) is 0 Å². The van der Waals surface area contributed by atoms with Crippen molar-refractivity contribution in [3.05, 3.63) is 59.3 Å². The van der Waals surface area contributed by atoms with Gasteiger partial charge in [-0.3, -0.25) is 4.79 Å². The summed E-state index contributed by atoms with van der Waals surface area (Å²) in [5.74, 6) is 1.59. The van der Waals surface area contributed by atoms with Gasteiger partial charge in [-0.1, -0.05) is 19.1 Å². The Bertz CT molecular complexity index is 1130. The van der Waals surface area contributed by atoms with Gasteiger partial charge in [0.05, 0.1) is 23.2 Å². The van der Waals surface area contributed by atoms with Crippen molar-refractivity contribution in [1.29, 1.82) is 10.5 Å². The molecule has 2 saturated heterocycles. The molecule has 3 atom stereocenters. The summed E-state index contributed by atoms with van der Waals surface area (Å²) in [5, 5.41) is 21.8. The van der Waals surface area contributed by atoms with Gasteiger partial charge >= 0.3 is 0 Å². The summed E-state index contributed by atoms with van der Waals surface area (Å²) in [4.78, 5) is 22.0. The zero-order valence-corrected chi connectivity index (χ0v) is 18.9. The molecule has 2 aromatic rings. The molecule has 3 heterocycles. The van der Waals surface area contributed by atoms with Crippen molar-refractivity contribution in [3.63, 3.8) is 0 Å². The van der Waals surface area contributed by atoms with Gasteiger partial charge in [0.25, 0.3) is 0 Å². The van der Waals surface area contributed by atoms with Crippen molar-refractivity contribution in [2.75, 3.05) is 24.5 Å². The van der Waals surface area contributed by atoms with E-state index in [0.717, 1.165) is 37.2 Å². The molecule has 1 amide bonds. The molecule has 2 aliphatic heterocycles. The van der Waals surface area contributed by atoms with E-state index in [0.29, 0.717) is 36.6 Å². The first-order valence-corrected chi connectivity index (χ1v) is 11.7. The van der Waals surface area contributed by atoms with Crippen LogP contribution in [-0.4, -0.2) is 47.5 Å². The van der Waals surface area contributed by atoms with E-state index in [4.69, 9.17) is 5.26 Å². The van der Waals surface area contributed by atoms with Gasteiger partial charge in [-0.2, -0.15) is 10.5 Å². The number of nitrogens with one attached hydrogen (secondary N) is 1. The van der Waals surface area contributed by atoms with Crippen molar-refractivity contribution >= 4 is 11.7 Å². The van der Waals surface area contributed by atoms with E-state index >= 15 is 0 Å². The lowest BCUT2D eigenvalue weighted by Gasteiger charge is -2.42. The van der Waals surface area contributed by atoms with E-state index in [1.165, 1.54) is 0 Å². The van der Waals surface area contributed by atoms with Crippen LogP contribution in [0.2, 0.25) is 0 Å². The third-order valence-electron chi connectivity index (χ3n) is 7.48. The van der Waals surface area contributed by atoms with Gasteiger partial charge in [0.15, 0.2) is 0 Å². The minimum Gasteiger partial charge on any atom is -0.347 e. The highest BCUT2D eigenvalue weighted by molar-refractivity contribution is 5.77. The number of pyridine rings is 1. The molecule has 5 rings (SSSR count). The molecule has 1 aromatic carbocycles. The molecule has 7 nitrogen and oxygen atoms in total. The predicted molar refractivity (Wildman–Crippen MR) is 124 cm³/mol. The number of likely N-dealkylation sites (tertiary alicyclic amines) is 1.